The number of hydrogen-bond acceptors (Lipinski definition) is 6. The van der Waals surface area contributed by atoms with Crippen LogP contribution in [0.2, 0.25) is 0 Å². The molecule has 0 unspecified atom stereocenters. The van der Waals surface area contributed by atoms with E-state index in [9.17, 15) is 14.9 Å². The van der Waals surface area contributed by atoms with Crippen LogP contribution in [0.25, 0.3) is 0 Å². The van der Waals surface area contributed by atoms with Crippen LogP contribution in [-0.4, -0.2) is 52.9 Å². The summed E-state index contributed by atoms with van der Waals surface area (Å²) in [7, 11) is 0. The van der Waals surface area contributed by atoms with E-state index in [0.29, 0.717) is 44.5 Å². The van der Waals surface area contributed by atoms with Crippen molar-refractivity contribution in [1.82, 2.24) is 9.80 Å². The Bertz CT molecular complexity index is 1150. The van der Waals surface area contributed by atoms with Gasteiger partial charge in [-0.05, 0) is 55.8 Å². The van der Waals surface area contributed by atoms with Crippen molar-refractivity contribution >= 4 is 33.2 Å². The molecule has 0 atom stereocenters. The zero-order valence-corrected chi connectivity index (χ0v) is 21.5. The van der Waals surface area contributed by atoms with Gasteiger partial charge in [-0.1, -0.05) is 28.1 Å². The lowest BCUT2D eigenvalue weighted by Crippen LogP contribution is -2.48. The number of rotatable bonds is 8. The van der Waals surface area contributed by atoms with Gasteiger partial charge >= 0.3 is 0 Å². The molecule has 1 aliphatic rings. The summed E-state index contributed by atoms with van der Waals surface area (Å²) < 4.78 is 7.02. The summed E-state index contributed by atoms with van der Waals surface area (Å²) in [6, 6.07) is 18.8. The minimum Gasteiger partial charge on any atom is -0.455 e. The summed E-state index contributed by atoms with van der Waals surface area (Å²) in [4.78, 5) is 29.7. The van der Waals surface area contributed by atoms with Gasteiger partial charge in [0.15, 0.2) is 5.76 Å². The molecule has 0 saturated carbocycles. The smallest absolute Gasteiger partial charge is 0.289 e. The van der Waals surface area contributed by atoms with Crippen molar-refractivity contribution in [3.8, 4) is 0 Å². The van der Waals surface area contributed by atoms with Crippen LogP contribution < -0.4 is 4.90 Å². The van der Waals surface area contributed by atoms with Crippen LogP contribution in [0.1, 0.15) is 35.7 Å². The molecule has 0 bridgehead atoms. The first-order chi connectivity index (χ1) is 16.8. The van der Waals surface area contributed by atoms with Crippen molar-refractivity contribution in [3.05, 3.63) is 92.3 Å². The minimum absolute atomic E-state index is 0.0732. The van der Waals surface area contributed by atoms with E-state index in [-0.39, 0.29) is 11.6 Å². The number of anilines is 1. The topological polar surface area (TPSA) is 83.1 Å². The molecule has 35 heavy (non-hydrogen) atoms. The fraction of sp³-hybridized carbons (Fsp3) is 0.346. The van der Waals surface area contributed by atoms with Gasteiger partial charge in [0.2, 0.25) is 0 Å². The maximum Gasteiger partial charge on any atom is 0.289 e. The summed E-state index contributed by atoms with van der Waals surface area (Å²) in [6.45, 7) is 8.16. The molecule has 0 N–H and O–H groups in total. The summed E-state index contributed by atoms with van der Waals surface area (Å²) in [5.74, 6) is 1.02. The van der Waals surface area contributed by atoms with Crippen molar-refractivity contribution < 1.29 is 14.1 Å². The summed E-state index contributed by atoms with van der Waals surface area (Å²) >= 11 is 3.48. The quantitative estimate of drug-likeness (QED) is 0.284. The van der Waals surface area contributed by atoms with Gasteiger partial charge < -0.3 is 14.2 Å². The van der Waals surface area contributed by atoms with Crippen LogP contribution in [0, 0.1) is 10.1 Å². The zero-order chi connectivity index (χ0) is 24.9. The number of non-ortho nitro benzene ring substituents is 1. The Kier molecular flexibility index (Phi) is 7.87. The van der Waals surface area contributed by atoms with Gasteiger partial charge in [0.1, 0.15) is 5.76 Å². The van der Waals surface area contributed by atoms with Crippen LogP contribution in [0.15, 0.2) is 69.6 Å². The molecule has 0 aliphatic carbocycles. The molecule has 184 valence electrons. The fourth-order valence-electron chi connectivity index (χ4n) is 4.13. The minimum atomic E-state index is -0.404. The number of carbonyl (C=O) groups is 1. The molecule has 2 heterocycles. The number of nitro groups is 1. The third-order valence-electron chi connectivity index (χ3n) is 6.25. The van der Waals surface area contributed by atoms with Crippen LogP contribution in [0.3, 0.4) is 0 Å². The summed E-state index contributed by atoms with van der Waals surface area (Å²) in [5, 5.41) is 10.9. The molecule has 2 aromatic carbocycles. The number of nitrogens with zero attached hydrogens (tertiary/aromatic N) is 4. The third kappa shape index (κ3) is 6.29. The molecule has 1 aromatic heterocycles. The number of benzene rings is 2. The standard InChI is InChI=1S/C26H29BrN4O4/c1-19(2)30(17-20-3-5-21(27)6-4-20)18-24-11-12-25(35-24)26(32)29-15-13-28(14-16-29)22-7-9-23(10-8-22)31(33)34/h3-12,19H,13-18H2,1-2H3. The molecule has 3 aromatic rings. The first-order valence-corrected chi connectivity index (χ1v) is 12.5. The van der Waals surface area contributed by atoms with Crippen LogP contribution in [-0.2, 0) is 13.1 Å². The lowest BCUT2D eigenvalue weighted by Gasteiger charge is -2.35. The Labute approximate surface area is 213 Å². The number of amides is 1. The fourth-order valence-corrected chi connectivity index (χ4v) is 4.40. The Morgan fingerprint density at radius 3 is 2.26 bits per heavy atom. The van der Waals surface area contributed by atoms with E-state index in [1.807, 2.05) is 18.2 Å². The van der Waals surface area contributed by atoms with E-state index in [4.69, 9.17) is 4.42 Å². The molecule has 9 heteroatoms. The first-order valence-electron chi connectivity index (χ1n) is 11.7. The van der Waals surface area contributed by atoms with Crippen molar-refractivity contribution in [2.45, 2.75) is 33.0 Å². The van der Waals surface area contributed by atoms with Crippen molar-refractivity contribution in [3.63, 3.8) is 0 Å². The SMILES string of the molecule is CC(C)N(Cc1ccc(Br)cc1)Cc1ccc(C(=O)N2CCN(c3ccc([N+](=O)[O-])cc3)CC2)o1. The monoisotopic (exact) mass is 540 g/mol. The van der Waals surface area contributed by atoms with Gasteiger partial charge in [-0.3, -0.25) is 19.8 Å². The van der Waals surface area contributed by atoms with E-state index >= 15 is 0 Å². The molecule has 0 radical (unpaired) electrons. The van der Waals surface area contributed by atoms with Gasteiger partial charge in [-0.2, -0.15) is 0 Å². The number of piperazine rings is 1. The Morgan fingerprint density at radius 2 is 1.66 bits per heavy atom. The van der Waals surface area contributed by atoms with Gasteiger partial charge in [0, 0.05) is 61.1 Å². The molecular weight excluding hydrogens is 512 g/mol. The molecule has 0 spiro atoms. The number of hydrogen-bond donors (Lipinski definition) is 0. The Hall–Kier alpha value is -3.17. The number of carbonyl (C=O) groups excluding carboxylic acids is 1. The predicted molar refractivity (Wildman–Crippen MR) is 138 cm³/mol. The first kappa shape index (κ1) is 24.9. The highest BCUT2D eigenvalue weighted by Crippen LogP contribution is 2.22. The number of nitro benzene ring substituents is 1. The van der Waals surface area contributed by atoms with Gasteiger partial charge in [-0.15, -0.1) is 0 Å². The third-order valence-corrected chi connectivity index (χ3v) is 6.78. The van der Waals surface area contributed by atoms with E-state index in [2.05, 4.69) is 51.7 Å². The summed E-state index contributed by atoms with van der Waals surface area (Å²) in [5.41, 5.74) is 2.21. The van der Waals surface area contributed by atoms with E-state index in [1.165, 1.54) is 17.7 Å². The van der Waals surface area contributed by atoms with Crippen LogP contribution >= 0.6 is 15.9 Å². The average molecular weight is 541 g/mol. The van der Waals surface area contributed by atoms with Crippen LogP contribution in [0.4, 0.5) is 11.4 Å². The molecule has 1 amide bonds. The van der Waals surface area contributed by atoms with E-state index in [1.54, 1.807) is 23.1 Å². The molecule has 1 fully saturated rings. The zero-order valence-electron chi connectivity index (χ0n) is 19.9. The van der Waals surface area contributed by atoms with E-state index < -0.39 is 4.92 Å². The lowest BCUT2D eigenvalue weighted by atomic mass is 10.2. The molecule has 8 nitrogen and oxygen atoms in total. The maximum absolute atomic E-state index is 13.0. The lowest BCUT2D eigenvalue weighted by molar-refractivity contribution is -0.384. The van der Waals surface area contributed by atoms with Crippen molar-refractivity contribution in [2.75, 3.05) is 31.1 Å². The second-order valence-corrected chi connectivity index (χ2v) is 9.86. The van der Waals surface area contributed by atoms with Crippen molar-refractivity contribution in [1.29, 1.82) is 0 Å². The van der Waals surface area contributed by atoms with E-state index in [0.717, 1.165) is 22.5 Å². The highest BCUT2D eigenvalue weighted by atomic mass is 79.9. The largest absolute Gasteiger partial charge is 0.455 e. The number of furan rings is 1. The highest BCUT2D eigenvalue weighted by Gasteiger charge is 2.25. The molecule has 1 aliphatic heterocycles. The summed E-state index contributed by atoms with van der Waals surface area (Å²) in [6.07, 6.45) is 0. The number of halogens is 1. The van der Waals surface area contributed by atoms with Gasteiger partial charge in [-0.25, -0.2) is 0 Å². The highest BCUT2D eigenvalue weighted by molar-refractivity contribution is 9.10. The molecular formula is C26H29BrN4O4. The second kappa shape index (κ2) is 11.0. The van der Waals surface area contributed by atoms with Gasteiger partial charge in [0.05, 0.1) is 11.5 Å². The van der Waals surface area contributed by atoms with Crippen molar-refractivity contribution in [2.24, 2.45) is 0 Å². The predicted octanol–water partition coefficient (Wildman–Crippen LogP) is 5.32. The van der Waals surface area contributed by atoms with Crippen LogP contribution in [0.5, 0.6) is 0 Å². The van der Waals surface area contributed by atoms with Gasteiger partial charge in [0.25, 0.3) is 11.6 Å². The Morgan fingerprint density at radius 1 is 1.00 bits per heavy atom. The second-order valence-electron chi connectivity index (χ2n) is 8.94. The average Bonchev–Trinajstić information content (AvgIpc) is 3.33. The molecule has 1 saturated heterocycles. The Balaban J connectivity index is 1.33. The molecule has 4 rings (SSSR count). The maximum atomic E-state index is 13.0. The normalized spacial score (nSPS) is 14.1.